The Balaban J connectivity index is 1.55. The van der Waals surface area contributed by atoms with Crippen LogP contribution in [0.25, 0.3) is 0 Å². The van der Waals surface area contributed by atoms with Crippen molar-refractivity contribution in [3.8, 4) is 0 Å². The van der Waals surface area contributed by atoms with Gasteiger partial charge in [-0.1, -0.05) is 42.5 Å². The van der Waals surface area contributed by atoms with Crippen LogP contribution >= 0.6 is 0 Å². The van der Waals surface area contributed by atoms with Gasteiger partial charge in [-0.2, -0.15) is 5.10 Å². The topological polar surface area (TPSA) is 64.7 Å². The lowest BCUT2D eigenvalue weighted by Crippen LogP contribution is -2.31. The zero-order valence-electron chi connectivity index (χ0n) is 15.9. The van der Waals surface area contributed by atoms with E-state index in [9.17, 15) is 9.18 Å². The fourth-order valence-corrected chi connectivity index (χ4v) is 3.16. The summed E-state index contributed by atoms with van der Waals surface area (Å²) in [6, 6.07) is 15.4. The number of hydrogen-bond acceptors (Lipinski definition) is 3. The number of halogens is 1. The Labute approximate surface area is 167 Å². The molecule has 2 aromatic carbocycles. The van der Waals surface area contributed by atoms with Gasteiger partial charge in [0.1, 0.15) is 17.7 Å². The number of nitrogens with one attached hydrogen (secondary N) is 1. The van der Waals surface area contributed by atoms with Crippen LogP contribution in [0.3, 0.4) is 0 Å². The highest BCUT2D eigenvalue weighted by Gasteiger charge is 2.22. The van der Waals surface area contributed by atoms with E-state index in [0.717, 1.165) is 11.1 Å². The number of hydrogen-bond donors (Lipinski definition) is 1. The predicted molar refractivity (Wildman–Crippen MR) is 107 cm³/mol. The quantitative estimate of drug-likeness (QED) is 0.550. The summed E-state index contributed by atoms with van der Waals surface area (Å²) in [6.45, 7) is 0.578. The zero-order chi connectivity index (χ0) is 20.2. The molecule has 2 aromatic heterocycles. The van der Waals surface area contributed by atoms with E-state index < -0.39 is 6.04 Å². The number of carbonyl (C=O) groups excluding carboxylic acids is 1. The van der Waals surface area contributed by atoms with Crippen LogP contribution in [0.2, 0.25) is 0 Å². The van der Waals surface area contributed by atoms with Crippen LogP contribution in [-0.2, 0) is 13.6 Å². The molecule has 0 aliphatic carbocycles. The molecule has 29 heavy (non-hydrogen) atoms. The molecule has 0 spiro atoms. The number of aromatic nitrogens is 4. The molecule has 2 heterocycles. The van der Waals surface area contributed by atoms with Crippen molar-refractivity contribution >= 4 is 5.91 Å². The second kappa shape index (κ2) is 8.10. The van der Waals surface area contributed by atoms with E-state index in [0.29, 0.717) is 17.9 Å². The monoisotopic (exact) mass is 389 g/mol. The van der Waals surface area contributed by atoms with Crippen LogP contribution in [0.1, 0.15) is 33.4 Å². The highest BCUT2D eigenvalue weighted by atomic mass is 19.1. The number of carbonyl (C=O) groups is 1. The normalized spacial score (nSPS) is 11.9. The number of amides is 1. The summed E-state index contributed by atoms with van der Waals surface area (Å²) in [4.78, 5) is 17.2. The molecule has 0 bridgehead atoms. The van der Waals surface area contributed by atoms with Crippen molar-refractivity contribution in [2.75, 3.05) is 0 Å². The van der Waals surface area contributed by atoms with E-state index in [1.54, 1.807) is 41.6 Å². The molecule has 146 valence electrons. The summed E-state index contributed by atoms with van der Waals surface area (Å²) in [5.74, 6) is 0.0455. The van der Waals surface area contributed by atoms with Gasteiger partial charge in [-0.3, -0.25) is 9.48 Å². The third-order valence-corrected chi connectivity index (χ3v) is 4.68. The lowest BCUT2D eigenvalue weighted by atomic mass is 10.1. The maximum Gasteiger partial charge on any atom is 0.255 e. The van der Waals surface area contributed by atoms with E-state index in [1.165, 1.54) is 12.1 Å². The number of benzene rings is 2. The number of aryl methyl sites for hydroxylation is 1. The molecular weight excluding hydrogens is 369 g/mol. The first-order chi connectivity index (χ1) is 14.1. The summed E-state index contributed by atoms with van der Waals surface area (Å²) < 4.78 is 16.9. The molecule has 0 radical (unpaired) electrons. The van der Waals surface area contributed by atoms with E-state index in [2.05, 4.69) is 15.4 Å². The SMILES string of the molecule is Cn1ccnc1[C@@H](NC(=O)c1cnn(Cc2ccccc2)c1)c1ccc(F)cc1. The van der Waals surface area contributed by atoms with Gasteiger partial charge >= 0.3 is 0 Å². The number of rotatable bonds is 6. The molecular formula is C22H20FN5O. The predicted octanol–water partition coefficient (Wildman–Crippen LogP) is 3.32. The van der Waals surface area contributed by atoms with Crippen molar-refractivity contribution < 1.29 is 9.18 Å². The third kappa shape index (κ3) is 4.24. The Kier molecular flexibility index (Phi) is 5.20. The third-order valence-electron chi connectivity index (χ3n) is 4.68. The highest BCUT2D eigenvalue weighted by molar-refractivity contribution is 5.94. The Bertz CT molecular complexity index is 1100. The number of nitrogens with zero attached hydrogens (tertiary/aromatic N) is 4. The van der Waals surface area contributed by atoms with Crippen LogP contribution in [0.4, 0.5) is 4.39 Å². The molecule has 0 saturated heterocycles. The molecule has 1 atom stereocenters. The molecule has 0 aliphatic rings. The summed E-state index contributed by atoms with van der Waals surface area (Å²) in [6.07, 6.45) is 6.71. The van der Waals surface area contributed by atoms with Gasteiger partial charge in [-0.05, 0) is 23.3 Å². The molecule has 1 N–H and O–H groups in total. The Morgan fingerprint density at radius 1 is 1.14 bits per heavy atom. The van der Waals surface area contributed by atoms with Crippen molar-refractivity contribution in [3.63, 3.8) is 0 Å². The van der Waals surface area contributed by atoms with Crippen molar-refractivity contribution in [1.82, 2.24) is 24.6 Å². The van der Waals surface area contributed by atoms with Gasteiger partial charge in [0.2, 0.25) is 0 Å². The zero-order valence-corrected chi connectivity index (χ0v) is 15.9. The van der Waals surface area contributed by atoms with E-state index in [1.807, 2.05) is 41.9 Å². The molecule has 0 fully saturated rings. The molecule has 0 saturated carbocycles. The average Bonchev–Trinajstić information content (AvgIpc) is 3.37. The first-order valence-corrected chi connectivity index (χ1v) is 9.20. The van der Waals surface area contributed by atoms with Crippen LogP contribution in [0.5, 0.6) is 0 Å². The minimum atomic E-state index is -0.513. The average molecular weight is 389 g/mol. The molecule has 4 rings (SSSR count). The molecule has 0 aliphatic heterocycles. The highest BCUT2D eigenvalue weighted by Crippen LogP contribution is 2.21. The number of imidazole rings is 1. The van der Waals surface area contributed by atoms with Gasteiger partial charge in [-0.25, -0.2) is 9.37 Å². The van der Waals surface area contributed by atoms with Crippen LogP contribution in [0, 0.1) is 5.82 Å². The van der Waals surface area contributed by atoms with E-state index in [4.69, 9.17) is 0 Å². The first kappa shape index (κ1) is 18.6. The molecule has 4 aromatic rings. The Morgan fingerprint density at radius 2 is 1.90 bits per heavy atom. The summed E-state index contributed by atoms with van der Waals surface area (Å²) in [5.41, 5.74) is 2.28. The van der Waals surface area contributed by atoms with Crippen molar-refractivity contribution in [2.24, 2.45) is 7.05 Å². The largest absolute Gasteiger partial charge is 0.338 e. The smallest absolute Gasteiger partial charge is 0.255 e. The summed E-state index contributed by atoms with van der Waals surface area (Å²) >= 11 is 0. The molecule has 1 amide bonds. The lowest BCUT2D eigenvalue weighted by Gasteiger charge is -2.19. The van der Waals surface area contributed by atoms with Crippen molar-refractivity contribution in [3.05, 3.63) is 108 Å². The summed E-state index contributed by atoms with van der Waals surface area (Å²) in [7, 11) is 1.85. The first-order valence-electron chi connectivity index (χ1n) is 9.20. The van der Waals surface area contributed by atoms with Crippen LogP contribution in [-0.4, -0.2) is 25.2 Å². The van der Waals surface area contributed by atoms with Gasteiger partial charge in [-0.15, -0.1) is 0 Å². The molecule has 6 nitrogen and oxygen atoms in total. The standard InChI is InChI=1S/C22H20FN5O/c1-27-12-11-24-21(27)20(17-7-9-19(23)10-8-17)26-22(29)18-13-25-28(15-18)14-16-5-3-2-4-6-16/h2-13,15,20H,14H2,1H3,(H,26,29)/t20-/m0/s1. The van der Waals surface area contributed by atoms with Gasteiger partial charge < -0.3 is 9.88 Å². The van der Waals surface area contributed by atoms with Gasteiger partial charge in [0, 0.05) is 25.6 Å². The van der Waals surface area contributed by atoms with Gasteiger partial charge in [0.05, 0.1) is 18.3 Å². The van der Waals surface area contributed by atoms with Crippen molar-refractivity contribution in [1.29, 1.82) is 0 Å². The Hall–Kier alpha value is -3.74. The second-order valence-electron chi connectivity index (χ2n) is 6.77. The van der Waals surface area contributed by atoms with E-state index in [-0.39, 0.29) is 11.7 Å². The maximum absolute atomic E-state index is 13.4. The van der Waals surface area contributed by atoms with E-state index >= 15 is 0 Å². The van der Waals surface area contributed by atoms with Gasteiger partial charge in [0.25, 0.3) is 5.91 Å². The second-order valence-corrected chi connectivity index (χ2v) is 6.77. The minimum absolute atomic E-state index is 0.276. The van der Waals surface area contributed by atoms with Crippen LogP contribution < -0.4 is 5.32 Å². The fourth-order valence-electron chi connectivity index (χ4n) is 3.16. The van der Waals surface area contributed by atoms with Gasteiger partial charge in [0.15, 0.2) is 0 Å². The van der Waals surface area contributed by atoms with Crippen LogP contribution in [0.15, 0.2) is 79.4 Å². The molecule has 7 heteroatoms. The minimum Gasteiger partial charge on any atom is -0.338 e. The molecule has 0 unspecified atom stereocenters. The lowest BCUT2D eigenvalue weighted by molar-refractivity contribution is 0.0941. The Morgan fingerprint density at radius 3 is 2.59 bits per heavy atom. The maximum atomic E-state index is 13.4. The summed E-state index contributed by atoms with van der Waals surface area (Å²) in [5, 5.41) is 7.28. The fraction of sp³-hybridized carbons (Fsp3) is 0.136. The van der Waals surface area contributed by atoms with Crippen molar-refractivity contribution in [2.45, 2.75) is 12.6 Å².